The van der Waals surface area contributed by atoms with Gasteiger partial charge in [-0.05, 0) is 61.6 Å². The number of methoxy groups -OCH3 is 1. The molecule has 4 heterocycles. The van der Waals surface area contributed by atoms with Gasteiger partial charge in [-0.25, -0.2) is 14.6 Å². The van der Waals surface area contributed by atoms with Gasteiger partial charge in [-0.2, -0.15) is 0 Å². The van der Waals surface area contributed by atoms with Gasteiger partial charge in [-0.1, -0.05) is 32.9 Å². The normalized spacial score (nSPS) is 44.8. The number of rotatable bonds is 3. The molecule has 31 heavy (non-hydrogen) atoms. The maximum absolute atomic E-state index is 11.8. The van der Waals surface area contributed by atoms with Gasteiger partial charge >= 0.3 is 5.97 Å². The SMILES string of the molecule is COC(=O)c1ccc([C@@H](C)[C@H]2O[C@@H]3O[C@@]4(C)CC[C@H]5[C@H](C)CC[C@@H]([C@H]2C)C35OO4)cc1. The zero-order chi connectivity index (χ0) is 22.0. The topological polar surface area (TPSA) is 63.2 Å². The van der Waals surface area contributed by atoms with Gasteiger partial charge < -0.3 is 14.2 Å². The summed E-state index contributed by atoms with van der Waals surface area (Å²) in [6.45, 7) is 8.78. The second-order valence-corrected chi connectivity index (χ2v) is 10.3. The molecule has 1 aromatic carbocycles. The van der Waals surface area contributed by atoms with Crippen LogP contribution in [-0.2, 0) is 24.0 Å². The van der Waals surface area contributed by atoms with Gasteiger partial charge in [0.05, 0.1) is 18.8 Å². The molecule has 1 unspecified atom stereocenters. The minimum Gasteiger partial charge on any atom is -0.465 e. The molecule has 0 amide bonds. The highest BCUT2D eigenvalue weighted by Gasteiger charge is 2.69. The molecule has 6 heteroatoms. The first-order valence-corrected chi connectivity index (χ1v) is 11.7. The lowest BCUT2D eigenvalue weighted by Gasteiger charge is -2.61. The summed E-state index contributed by atoms with van der Waals surface area (Å²) >= 11 is 0. The molecule has 4 saturated heterocycles. The Bertz CT molecular complexity index is 839. The van der Waals surface area contributed by atoms with Crippen LogP contribution in [-0.4, -0.2) is 36.9 Å². The molecule has 4 aliphatic heterocycles. The summed E-state index contributed by atoms with van der Waals surface area (Å²) in [5, 5.41) is 0. The quantitative estimate of drug-likeness (QED) is 0.506. The van der Waals surface area contributed by atoms with E-state index in [-0.39, 0.29) is 23.9 Å². The molecule has 1 saturated carbocycles. The van der Waals surface area contributed by atoms with Crippen molar-refractivity contribution >= 4 is 5.97 Å². The first-order chi connectivity index (χ1) is 14.8. The highest BCUT2D eigenvalue weighted by Crippen LogP contribution is 2.61. The van der Waals surface area contributed by atoms with E-state index >= 15 is 0 Å². The van der Waals surface area contributed by atoms with Gasteiger partial charge in [-0.3, -0.25) is 0 Å². The highest BCUT2D eigenvalue weighted by atomic mass is 17.3. The maximum atomic E-state index is 11.8. The Labute approximate surface area is 184 Å². The van der Waals surface area contributed by atoms with E-state index in [1.807, 2.05) is 31.2 Å². The molecule has 6 nitrogen and oxygen atoms in total. The summed E-state index contributed by atoms with van der Waals surface area (Å²) in [5.74, 6) is 0.609. The molecular formula is C25H34O6. The van der Waals surface area contributed by atoms with Crippen molar-refractivity contribution in [1.29, 1.82) is 0 Å². The largest absolute Gasteiger partial charge is 0.465 e. The molecule has 1 aliphatic carbocycles. The Balaban J connectivity index is 1.46. The van der Waals surface area contributed by atoms with Crippen LogP contribution in [0.5, 0.6) is 0 Å². The van der Waals surface area contributed by atoms with Crippen LogP contribution in [0.2, 0.25) is 0 Å². The minimum atomic E-state index is -0.756. The van der Waals surface area contributed by atoms with Crippen molar-refractivity contribution < 1.29 is 28.8 Å². The molecule has 5 aliphatic rings. The standard InChI is InChI=1S/C25H34O6/c1-14-6-11-20-16(3)21(15(2)17-7-9-18(10-8-17)22(26)27-5)28-23-25(20)19(14)12-13-24(4,29-23)30-31-25/h7-10,14-16,19-21,23H,6,11-13H2,1-5H3/t14-,15-,16-,19+,20+,21-,23-,24-,25?/m1/s1. The summed E-state index contributed by atoms with van der Waals surface area (Å²) in [6.07, 6.45) is 3.71. The Morgan fingerprint density at radius 3 is 2.55 bits per heavy atom. The summed E-state index contributed by atoms with van der Waals surface area (Å²) in [4.78, 5) is 24.0. The van der Waals surface area contributed by atoms with Crippen LogP contribution in [0.3, 0.4) is 0 Å². The molecule has 5 fully saturated rings. The third kappa shape index (κ3) is 3.17. The lowest BCUT2D eigenvalue weighted by atomic mass is 9.56. The van der Waals surface area contributed by atoms with Crippen LogP contribution in [0.15, 0.2) is 24.3 Å². The van der Waals surface area contributed by atoms with Gasteiger partial charge in [0, 0.05) is 18.3 Å². The van der Waals surface area contributed by atoms with Crippen LogP contribution >= 0.6 is 0 Å². The number of carbonyl (C=O) groups excluding carboxylic acids is 1. The molecular weight excluding hydrogens is 396 g/mol. The predicted octanol–water partition coefficient (Wildman–Crippen LogP) is 4.83. The zero-order valence-corrected chi connectivity index (χ0v) is 19.1. The zero-order valence-electron chi connectivity index (χ0n) is 19.1. The molecule has 0 aromatic heterocycles. The number of hydrogen-bond donors (Lipinski definition) is 0. The molecule has 6 rings (SSSR count). The minimum absolute atomic E-state index is 0.00907. The summed E-state index contributed by atoms with van der Waals surface area (Å²) in [7, 11) is 1.40. The van der Waals surface area contributed by atoms with Gasteiger partial charge in [0.2, 0.25) is 5.79 Å². The highest BCUT2D eigenvalue weighted by molar-refractivity contribution is 5.89. The van der Waals surface area contributed by atoms with Crippen molar-refractivity contribution in [3.05, 3.63) is 35.4 Å². The van der Waals surface area contributed by atoms with Crippen LogP contribution in [0.25, 0.3) is 0 Å². The van der Waals surface area contributed by atoms with E-state index < -0.39 is 17.7 Å². The van der Waals surface area contributed by atoms with Crippen LogP contribution in [0.4, 0.5) is 0 Å². The third-order valence-corrected chi connectivity index (χ3v) is 8.56. The number of fused-ring (bicyclic) bond motifs is 2. The third-order valence-electron chi connectivity index (χ3n) is 8.56. The van der Waals surface area contributed by atoms with E-state index in [1.54, 1.807) is 0 Å². The van der Waals surface area contributed by atoms with Crippen molar-refractivity contribution in [3.63, 3.8) is 0 Å². The average molecular weight is 431 g/mol. The molecule has 1 aromatic rings. The number of ether oxygens (including phenoxy) is 3. The van der Waals surface area contributed by atoms with Gasteiger partial charge in [0.1, 0.15) is 0 Å². The van der Waals surface area contributed by atoms with E-state index in [9.17, 15) is 4.79 Å². The molecule has 0 N–H and O–H groups in total. The Morgan fingerprint density at radius 2 is 1.84 bits per heavy atom. The van der Waals surface area contributed by atoms with Crippen LogP contribution < -0.4 is 0 Å². The summed E-state index contributed by atoms with van der Waals surface area (Å²) < 4.78 is 18.1. The maximum Gasteiger partial charge on any atom is 0.337 e. The van der Waals surface area contributed by atoms with E-state index in [0.29, 0.717) is 23.3 Å². The predicted molar refractivity (Wildman–Crippen MR) is 113 cm³/mol. The van der Waals surface area contributed by atoms with E-state index in [0.717, 1.165) is 24.8 Å². The van der Waals surface area contributed by atoms with Crippen LogP contribution in [0.1, 0.15) is 75.2 Å². The number of benzene rings is 1. The molecule has 2 bridgehead atoms. The lowest BCUT2D eigenvalue weighted by Crippen LogP contribution is -2.70. The van der Waals surface area contributed by atoms with Crippen molar-refractivity contribution in [1.82, 2.24) is 0 Å². The van der Waals surface area contributed by atoms with E-state index in [2.05, 4.69) is 20.8 Å². The lowest BCUT2D eigenvalue weighted by molar-refractivity contribution is -0.571. The molecule has 1 spiro atoms. The van der Waals surface area contributed by atoms with Crippen LogP contribution in [0, 0.1) is 23.7 Å². The van der Waals surface area contributed by atoms with Gasteiger partial charge in [0.25, 0.3) is 0 Å². The van der Waals surface area contributed by atoms with Gasteiger partial charge in [-0.15, -0.1) is 0 Å². The van der Waals surface area contributed by atoms with Crippen molar-refractivity contribution in [3.8, 4) is 0 Å². The second kappa shape index (κ2) is 7.55. The first kappa shape index (κ1) is 21.4. The summed E-state index contributed by atoms with van der Waals surface area (Å²) in [6, 6.07) is 7.66. The monoisotopic (exact) mass is 430 g/mol. The van der Waals surface area contributed by atoms with Crippen molar-refractivity contribution in [2.24, 2.45) is 23.7 Å². The number of hydrogen-bond acceptors (Lipinski definition) is 6. The molecule has 170 valence electrons. The Morgan fingerprint density at radius 1 is 1.10 bits per heavy atom. The van der Waals surface area contributed by atoms with Gasteiger partial charge in [0.15, 0.2) is 11.9 Å². The summed E-state index contributed by atoms with van der Waals surface area (Å²) in [5.41, 5.74) is 1.17. The fraction of sp³-hybridized carbons (Fsp3) is 0.720. The van der Waals surface area contributed by atoms with E-state index in [1.165, 1.54) is 13.5 Å². The second-order valence-electron chi connectivity index (χ2n) is 10.3. The molecule has 9 atom stereocenters. The number of esters is 1. The first-order valence-electron chi connectivity index (χ1n) is 11.7. The fourth-order valence-corrected chi connectivity index (χ4v) is 6.74. The Kier molecular flexibility index (Phi) is 5.20. The van der Waals surface area contributed by atoms with E-state index in [4.69, 9.17) is 24.0 Å². The fourth-order valence-electron chi connectivity index (χ4n) is 6.74. The Hall–Kier alpha value is -1.47. The van der Waals surface area contributed by atoms with Crippen molar-refractivity contribution in [2.75, 3.05) is 7.11 Å². The average Bonchev–Trinajstić information content (AvgIpc) is 3.01. The molecule has 0 radical (unpaired) electrons. The number of carbonyl (C=O) groups is 1. The smallest absolute Gasteiger partial charge is 0.337 e. The van der Waals surface area contributed by atoms with Crippen molar-refractivity contribution in [2.45, 2.75) is 83.1 Å².